The molecule has 0 saturated heterocycles. The van der Waals surface area contributed by atoms with Crippen molar-refractivity contribution in [2.45, 2.75) is 165 Å². The van der Waals surface area contributed by atoms with Crippen LogP contribution in [0.3, 0.4) is 0 Å². The molecule has 53 heavy (non-hydrogen) atoms. The summed E-state index contributed by atoms with van der Waals surface area (Å²) in [6.45, 7) is 6.81. The quantitative estimate of drug-likeness (QED) is 0.121. The maximum absolute atomic E-state index is 2.81. The molecule has 0 bridgehead atoms. The predicted molar refractivity (Wildman–Crippen MR) is 239 cm³/mol. The van der Waals surface area contributed by atoms with Crippen LogP contribution in [0, 0.1) is 0 Å². The maximum atomic E-state index is 2.81. The minimum absolute atomic E-state index is 0.696. The van der Waals surface area contributed by atoms with Crippen LogP contribution in [0.15, 0.2) is 72.8 Å². The van der Waals surface area contributed by atoms with E-state index in [1.165, 1.54) is 156 Å². The first-order chi connectivity index (χ1) is 26.1. The number of rotatable bonds is 6. The van der Waals surface area contributed by atoms with Crippen molar-refractivity contribution < 1.29 is 0 Å². The van der Waals surface area contributed by atoms with Crippen molar-refractivity contribution >= 4 is 75.1 Å². The molecule has 5 aromatic rings. The fourth-order valence-corrected chi connectivity index (χ4v) is 16.7. The van der Waals surface area contributed by atoms with E-state index in [0.29, 0.717) is 6.71 Å². The Labute approximate surface area is 322 Å². The zero-order valence-corrected chi connectivity index (χ0v) is 34.0. The van der Waals surface area contributed by atoms with Gasteiger partial charge in [-0.25, -0.2) is 0 Å². The van der Waals surface area contributed by atoms with E-state index in [1.54, 1.807) is 37.6 Å². The Morgan fingerprint density at radius 1 is 0.415 bits per heavy atom. The normalized spacial score (nSPS) is 21.6. The molecule has 0 radical (unpaired) electrons. The van der Waals surface area contributed by atoms with Gasteiger partial charge in [-0.3, -0.25) is 0 Å². The average molecular weight is 713 g/mol. The summed E-state index contributed by atoms with van der Waals surface area (Å²) in [5.74, 6) is 3.44. The number of fused-ring (bicyclic) bond motifs is 6. The minimum atomic E-state index is -1.97. The van der Waals surface area contributed by atoms with Crippen molar-refractivity contribution in [3.63, 3.8) is 0 Å². The molecular weight excluding hydrogens is 650 g/mol. The molecule has 5 aliphatic rings. The largest absolute Gasteiger partial charge is 0.183 e. The Bertz CT molecular complexity index is 2090. The lowest BCUT2D eigenvalue weighted by Gasteiger charge is -2.38. The van der Waals surface area contributed by atoms with E-state index in [1.807, 2.05) is 0 Å². The van der Waals surface area contributed by atoms with Crippen molar-refractivity contribution in [2.75, 3.05) is 0 Å². The van der Waals surface area contributed by atoms with E-state index >= 15 is 0 Å². The van der Waals surface area contributed by atoms with Crippen molar-refractivity contribution in [3.05, 3.63) is 72.8 Å². The molecule has 4 fully saturated rings. The molecule has 5 aromatic carbocycles. The predicted octanol–water partition coefficient (Wildman–Crippen LogP) is 12.7. The Kier molecular flexibility index (Phi) is 9.41. The van der Waals surface area contributed by atoms with E-state index < -0.39 is 8.07 Å². The second kappa shape index (κ2) is 14.4. The van der Waals surface area contributed by atoms with Gasteiger partial charge in [-0.2, -0.15) is 0 Å². The molecule has 0 spiro atoms. The summed E-state index contributed by atoms with van der Waals surface area (Å²) in [6, 6.07) is 30.6. The number of hydrogen-bond acceptors (Lipinski definition) is 0. The van der Waals surface area contributed by atoms with Crippen LogP contribution in [-0.4, -0.2) is 21.5 Å². The highest BCUT2D eigenvalue weighted by molar-refractivity contribution is 7.03. The van der Waals surface area contributed by atoms with Crippen molar-refractivity contribution in [2.24, 2.45) is 0 Å². The molecule has 1 heterocycles. The van der Waals surface area contributed by atoms with Gasteiger partial charge in [0.25, 0.3) is 0 Å². The molecule has 0 aromatic heterocycles. The molecule has 4 saturated carbocycles. The Morgan fingerprint density at radius 3 is 1.51 bits per heavy atom. The summed E-state index contributed by atoms with van der Waals surface area (Å²) in [4.78, 5) is 0. The fourth-order valence-electron chi connectivity index (χ4n) is 13.6. The molecule has 3 heteroatoms. The molecule has 0 nitrogen and oxygen atoms in total. The summed E-state index contributed by atoms with van der Waals surface area (Å²) >= 11 is 0. The second-order valence-electron chi connectivity index (χ2n) is 19.3. The standard InChI is InChI=1S/C50H62B2Si/c1-53(2)48-29-17-28-43-45-34-47(52(37-22-11-5-12-23-37)38-24-13-6-14-25-38)41-27-16-15-26-40(41)44(45)33-46(50(43)48)42-31-30-39(32-49(42)53)51(35-18-7-3-8-19-35)36-20-9-4-10-21-36/h15-17,26-38H,3-14,18-25H2,1-2H3. The first-order valence-electron chi connectivity index (χ1n) is 22.6. The SMILES string of the molecule is C[Si]1(C)c2cc(B(C3CCCCC3)C3CCCCC3)ccc2-c2cc3c4ccccc4c(B(C4CCCCC4)C4CCCCC4)cc3c3cccc1c23. The summed E-state index contributed by atoms with van der Waals surface area (Å²) in [6.07, 6.45) is 28.8. The van der Waals surface area contributed by atoms with Gasteiger partial charge in [-0.15, -0.1) is 0 Å². The third-order valence-electron chi connectivity index (χ3n) is 16.1. The summed E-state index contributed by atoms with van der Waals surface area (Å²) < 4.78 is 0. The Balaban J connectivity index is 1.17. The highest BCUT2D eigenvalue weighted by atomic mass is 28.3. The third-order valence-corrected chi connectivity index (χ3v) is 19.6. The van der Waals surface area contributed by atoms with Crippen LogP contribution >= 0.6 is 0 Å². The zero-order chi connectivity index (χ0) is 35.5. The lowest BCUT2D eigenvalue weighted by Crippen LogP contribution is -2.57. The van der Waals surface area contributed by atoms with Crippen molar-refractivity contribution in [1.82, 2.24) is 0 Å². The fraction of sp³-hybridized carbons (Fsp3) is 0.520. The Morgan fingerprint density at radius 2 is 0.925 bits per heavy atom. The highest BCUT2D eigenvalue weighted by Crippen LogP contribution is 2.46. The molecule has 10 rings (SSSR count). The van der Waals surface area contributed by atoms with Crippen LogP contribution in [0.4, 0.5) is 0 Å². The molecular formula is C50H62B2Si. The van der Waals surface area contributed by atoms with Gasteiger partial charge in [0.05, 0.1) is 0 Å². The van der Waals surface area contributed by atoms with Crippen LogP contribution in [-0.2, 0) is 0 Å². The van der Waals surface area contributed by atoms with Gasteiger partial charge < -0.3 is 0 Å². The van der Waals surface area contributed by atoms with Gasteiger partial charge in [0.15, 0.2) is 13.4 Å². The minimum Gasteiger partial charge on any atom is -0.0795 e. The van der Waals surface area contributed by atoms with Crippen molar-refractivity contribution in [3.8, 4) is 11.1 Å². The smallest absolute Gasteiger partial charge is 0.0795 e. The van der Waals surface area contributed by atoms with E-state index in [4.69, 9.17) is 0 Å². The van der Waals surface area contributed by atoms with Gasteiger partial charge >= 0.3 is 0 Å². The monoisotopic (exact) mass is 712 g/mol. The van der Waals surface area contributed by atoms with E-state index in [0.717, 1.165) is 30.0 Å². The van der Waals surface area contributed by atoms with Gasteiger partial charge in [0, 0.05) is 0 Å². The highest BCUT2D eigenvalue weighted by Gasteiger charge is 2.41. The van der Waals surface area contributed by atoms with Gasteiger partial charge in [0.1, 0.15) is 8.07 Å². The lowest BCUT2D eigenvalue weighted by atomic mass is 9.27. The lowest BCUT2D eigenvalue weighted by molar-refractivity contribution is 0.465. The molecule has 0 unspecified atom stereocenters. The van der Waals surface area contributed by atoms with E-state index in [-0.39, 0.29) is 0 Å². The molecule has 0 amide bonds. The first-order valence-corrected chi connectivity index (χ1v) is 25.6. The molecule has 272 valence electrons. The zero-order valence-electron chi connectivity index (χ0n) is 33.0. The molecule has 1 aliphatic heterocycles. The van der Waals surface area contributed by atoms with Gasteiger partial charge in [0.2, 0.25) is 0 Å². The van der Waals surface area contributed by atoms with Gasteiger partial charge in [-0.1, -0.05) is 242 Å². The summed E-state index contributed by atoms with van der Waals surface area (Å²) in [5, 5.41) is 12.5. The maximum Gasteiger partial charge on any atom is 0.183 e. The number of hydrogen-bond donors (Lipinski definition) is 0. The molecule has 0 N–H and O–H groups in total. The van der Waals surface area contributed by atoms with Crippen LogP contribution in [0.25, 0.3) is 43.4 Å². The van der Waals surface area contributed by atoms with E-state index in [2.05, 4.69) is 85.9 Å². The van der Waals surface area contributed by atoms with Crippen LogP contribution in [0.5, 0.6) is 0 Å². The molecule has 4 aliphatic carbocycles. The van der Waals surface area contributed by atoms with Crippen LogP contribution in [0.1, 0.15) is 128 Å². The third kappa shape index (κ3) is 6.00. The van der Waals surface area contributed by atoms with Crippen LogP contribution < -0.4 is 21.3 Å². The van der Waals surface area contributed by atoms with E-state index in [9.17, 15) is 0 Å². The topological polar surface area (TPSA) is 0 Å². The first kappa shape index (κ1) is 34.7. The second-order valence-corrected chi connectivity index (χ2v) is 23.7. The van der Waals surface area contributed by atoms with Gasteiger partial charge in [-0.05, 0) is 59.9 Å². The average Bonchev–Trinajstić information content (AvgIpc) is 3.22. The summed E-state index contributed by atoms with van der Waals surface area (Å²) in [5.41, 5.74) is 6.46. The number of benzene rings is 5. The Hall–Kier alpha value is -2.77. The van der Waals surface area contributed by atoms with Crippen LogP contribution in [0.2, 0.25) is 36.4 Å². The summed E-state index contributed by atoms with van der Waals surface area (Å²) in [7, 11) is -1.97. The van der Waals surface area contributed by atoms with Crippen molar-refractivity contribution in [1.29, 1.82) is 0 Å². The molecule has 0 atom stereocenters.